The first-order valence-electron chi connectivity index (χ1n) is 8.47. The van der Waals surface area contributed by atoms with Crippen LogP contribution in [-0.4, -0.2) is 42.9 Å². The molecule has 1 aromatic rings. The van der Waals surface area contributed by atoms with E-state index in [1.807, 2.05) is 23.1 Å². The zero-order valence-corrected chi connectivity index (χ0v) is 13.9. The van der Waals surface area contributed by atoms with Gasteiger partial charge in [0, 0.05) is 39.0 Å². The van der Waals surface area contributed by atoms with Crippen molar-refractivity contribution >= 4 is 11.8 Å². The minimum atomic E-state index is 0.0425. The van der Waals surface area contributed by atoms with Crippen LogP contribution in [0.5, 0.6) is 0 Å². The average molecular weight is 317 g/mol. The normalized spacial score (nSPS) is 21.5. The summed E-state index contributed by atoms with van der Waals surface area (Å²) in [4.78, 5) is 25.6. The molecule has 0 aliphatic carbocycles. The number of hydrogen-bond acceptors (Lipinski definition) is 3. The predicted octanol–water partition coefficient (Wildman–Crippen LogP) is 1.86. The minimum Gasteiger partial charge on any atom is -0.356 e. The summed E-state index contributed by atoms with van der Waals surface area (Å²) in [7, 11) is 0. The van der Waals surface area contributed by atoms with E-state index in [1.165, 1.54) is 0 Å². The number of amides is 2. The number of nitrogens with zero attached hydrogens (tertiary/aromatic N) is 1. The smallest absolute Gasteiger partial charge is 0.221 e. The van der Waals surface area contributed by atoms with E-state index in [2.05, 4.69) is 22.8 Å². The predicted molar refractivity (Wildman–Crippen MR) is 90.9 cm³/mol. The molecule has 5 heteroatoms. The van der Waals surface area contributed by atoms with Crippen LogP contribution in [-0.2, 0) is 9.59 Å². The van der Waals surface area contributed by atoms with E-state index < -0.39 is 0 Å². The fourth-order valence-corrected chi connectivity index (χ4v) is 2.88. The van der Waals surface area contributed by atoms with E-state index in [4.69, 9.17) is 0 Å². The molecule has 0 spiro atoms. The van der Waals surface area contributed by atoms with Gasteiger partial charge in [-0.3, -0.25) is 9.59 Å². The summed E-state index contributed by atoms with van der Waals surface area (Å²) >= 11 is 0. The van der Waals surface area contributed by atoms with Crippen molar-refractivity contribution in [3.63, 3.8) is 0 Å². The van der Waals surface area contributed by atoms with Crippen LogP contribution in [0.15, 0.2) is 30.3 Å². The van der Waals surface area contributed by atoms with Gasteiger partial charge in [0.15, 0.2) is 0 Å². The van der Waals surface area contributed by atoms with Crippen molar-refractivity contribution < 1.29 is 9.59 Å². The SMILES string of the molecule is CC(=O)N1CCCCN[C@H](c2ccccc2)CC(=O)NCCC1. The van der Waals surface area contributed by atoms with Crippen molar-refractivity contribution in [2.45, 2.75) is 38.6 Å². The minimum absolute atomic E-state index is 0.0425. The molecule has 0 radical (unpaired) electrons. The quantitative estimate of drug-likeness (QED) is 0.831. The highest BCUT2D eigenvalue weighted by molar-refractivity contribution is 5.76. The van der Waals surface area contributed by atoms with E-state index in [0.29, 0.717) is 19.5 Å². The summed E-state index contributed by atoms with van der Waals surface area (Å²) in [6, 6.07) is 10.1. The number of hydrogen-bond donors (Lipinski definition) is 2. The van der Waals surface area contributed by atoms with Crippen LogP contribution in [0.25, 0.3) is 0 Å². The largest absolute Gasteiger partial charge is 0.356 e. The molecule has 2 N–H and O–H groups in total. The van der Waals surface area contributed by atoms with Gasteiger partial charge in [-0.15, -0.1) is 0 Å². The summed E-state index contributed by atoms with van der Waals surface area (Å²) in [5, 5.41) is 6.45. The summed E-state index contributed by atoms with van der Waals surface area (Å²) < 4.78 is 0. The van der Waals surface area contributed by atoms with Crippen LogP contribution in [0.4, 0.5) is 0 Å². The molecular formula is C18H27N3O2. The lowest BCUT2D eigenvalue weighted by molar-refractivity contribution is -0.129. The molecule has 1 aliphatic heterocycles. The summed E-state index contributed by atoms with van der Waals surface area (Å²) in [5.74, 6) is 0.168. The number of nitrogens with one attached hydrogen (secondary N) is 2. The van der Waals surface area contributed by atoms with Crippen molar-refractivity contribution in [2.75, 3.05) is 26.2 Å². The molecule has 1 heterocycles. The second-order valence-electron chi connectivity index (χ2n) is 6.04. The first-order valence-corrected chi connectivity index (χ1v) is 8.47. The zero-order chi connectivity index (χ0) is 16.5. The Hall–Kier alpha value is -1.88. The van der Waals surface area contributed by atoms with Crippen LogP contribution < -0.4 is 10.6 Å². The fraction of sp³-hybridized carbons (Fsp3) is 0.556. The Bertz CT molecular complexity index is 504. The molecule has 1 aliphatic rings. The molecule has 0 saturated carbocycles. The number of carbonyl (C=O) groups is 2. The maximum atomic E-state index is 12.2. The third-order valence-corrected chi connectivity index (χ3v) is 4.21. The molecule has 126 valence electrons. The molecule has 1 fully saturated rings. The second kappa shape index (κ2) is 9.30. The Balaban J connectivity index is 1.98. The van der Waals surface area contributed by atoms with Gasteiger partial charge in [-0.25, -0.2) is 0 Å². The molecule has 5 nitrogen and oxygen atoms in total. The van der Waals surface area contributed by atoms with Gasteiger partial charge >= 0.3 is 0 Å². The molecule has 0 aromatic heterocycles. The lowest BCUT2D eigenvalue weighted by atomic mass is 10.0. The van der Waals surface area contributed by atoms with Crippen molar-refractivity contribution in [3.8, 4) is 0 Å². The average Bonchev–Trinajstić information content (AvgIpc) is 2.57. The number of rotatable bonds is 1. The zero-order valence-electron chi connectivity index (χ0n) is 13.9. The molecule has 0 bridgehead atoms. The molecule has 1 aromatic carbocycles. The van der Waals surface area contributed by atoms with E-state index in [0.717, 1.165) is 37.9 Å². The summed E-state index contributed by atoms with van der Waals surface area (Å²) in [6.45, 7) is 4.58. The van der Waals surface area contributed by atoms with Crippen LogP contribution in [0.2, 0.25) is 0 Å². The molecule has 0 unspecified atom stereocenters. The molecular weight excluding hydrogens is 290 g/mol. The monoisotopic (exact) mass is 317 g/mol. The first kappa shape index (κ1) is 17.5. The third-order valence-electron chi connectivity index (χ3n) is 4.21. The second-order valence-corrected chi connectivity index (χ2v) is 6.04. The van der Waals surface area contributed by atoms with Crippen LogP contribution >= 0.6 is 0 Å². The number of benzene rings is 1. The van der Waals surface area contributed by atoms with E-state index >= 15 is 0 Å². The van der Waals surface area contributed by atoms with Crippen LogP contribution in [0.1, 0.15) is 44.2 Å². The lowest BCUT2D eigenvalue weighted by Crippen LogP contribution is -2.34. The highest BCUT2D eigenvalue weighted by Gasteiger charge is 2.16. The number of carbonyl (C=O) groups excluding carboxylic acids is 2. The maximum absolute atomic E-state index is 12.2. The standard InChI is InChI=1S/C18H27N3O2/c1-15(22)21-12-6-5-10-19-17(16-8-3-2-4-9-16)14-18(23)20-11-7-13-21/h2-4,8-9,17,19H,5-7,10-14H2,1H3,(H,20,23)/t17-/m0/s1. The van der Waals surface area contributed by atoms with E-state index in [1.54, 1.807) is 6.92 Å². The van der Waals surface area contributed by atoms with Crippen molar-refractivity contribution in [2.24, 2.45) is 0 Å². The van der Waals surface area contributed by atoms with Crippen molar-refractivity contribution in [1.29, 1.82) is 0 Å². The molecule has 23 heavy (non-hydrogen) atoms. The topological polar surface area (TPSA) is 61.4 Å². The van der Waals surface area contributed by atoms with Gasteiger partial charge in [-0.2, -0.15) is 0 Å². The van der Waals surface area contributed by atoms with E-state index in [9.17, 15) is 9.59 Å². The Morgan fingerprint density at radius 3 is 2.57 bits per heavy atom. The highest BCUT2D eigenvalue weighted by atomic mass is 16.2. The Labute approximate surface area is 138 Å². The van der Waals surface area contributed by atoms with Crippen LogP contribution in [0, 0.1) is 0 Å². The molecule has 1 saturated heterocycles. The molecule has 2 amide bonds. The van der Waals surface area contributed by atoms with Gasteiger partial charge in [0.25, 0.3) is 0 Å². The van der Waals surface area contributed by atoms with Crippen LogP contribution in [0.3, 0.4) is 0 Å². The maximum Gasteiger partial charge on any atom is 0.221 e. The van der Waals surface area contributed by atoms with Crippen molar-refractivity contribution in [1.82, 2.24) is 15.5 Å². The van der Waals surface area contributed by atoms with Gasteiger partial charge in [-0.1, -0.05) is 30.3 Å². The summed E-state index contributed by atoms with van der Waals surface area (Å²) in [6.07, 6.45) is 3.22. The van der Waals surface area contributed by atoms with Gasteiger partial charge in [0.2, 0.25) is 11.8 Å². The van der Waals surface area contributed by atoms with Gasteiger partial charge in [0.1, 0.15) is 0 Å². The Morgan fingerprint density at radius 2 is 1.83 bits per heavy atom. The Kier molecular flexibility index (Phi) is 7.07. The third kappa shape index (κ3) is 6.02. The van der Waals surface area contributed by atoms with Gasteiger partial charge in [-0.05, 0) is 31.4 Å². The highest BCUT2D eigenvalue weighted by Crippen LogP contribution is 2.16. The molecule has 1 atom stereocenters. The molecule has 2 rings (SSSR count). The van der Waals surface area contributed by atoms with Crippen molar-refractivity contribution in [3.05, 3.63) is 35.9 Å². The van der Waals surface area contributed by atoms with Gasteiger partial charge < -0.3 is 15.5 Å². The van der Waals surface area contributed by atoms with Gasteiger partial charge in [0.05, 0.1) is 0 Å². The fourth-order valence-electron chi connectivity index (χ4n) is 2.88. The lowest BCUT2D eigenvalue weighted by Gasteiger charge is -2.21. The Morgan fingerprint density at radius 1 is 1.09 bits per heavy atom. The van der Waals surface area contributed by atoms with E-state index in [-0.39, 0.29) is 17.9 Å². The summed E-state index contributed by atoms with van der Waals surface area (Å²) in [5.41, 5.74) is 1.14. The first-order chi connectivity index (χ1) is 11.2.